The maximum atomic E-state index is 12.1. The molecule has 1 aromatic carbocycles. The smallest absolute Gasteiger partial charge is 0.299 e. The number of carbonyl (C=O) groups excluding carboxylic acids is 2. The Balaban J connectivity index is 2.25. The SMILES string of the molecule is CCSCCCN1C(=O)C(=O)c2ccc(C)c(C)c21. The maximum absolute atomic E-state index is 12.1. The first kappa shape index (κ1) is 14.1. The molecular weight excluding hydrogens is 258 g/mol. The molecule has 0 saturated carbocycles. The Kier molecular flexibility index (Phi) is 4.30. The van der Waals surface area contributed by atoms with E-state index >= 15 is 0 Å². The van der Waals surface area contributed by atoms with Crippen molar-refractivity contribution in [1.29, 1.82) is 0 Å². The zero-order chi connectivity index (χ0) is 14.0. The van der Waals surface area contributed by atoms with Crippen LogP contribution >= 0.6 is 11.8 Å². The van der Waals surface area contributed by atoms with Crippen LogP contribution in [0.25, 0.3) is 0 Å². The predicted molar refractivity (Wildman–Crippen MR) is 80.2 cm³/mol. The highest BCUT2D eigenvalue weighted by atomic mass is 32.2. The normalized spacial score (nSPS) is 14.2. The van der Waals surface area contributed by atoms with Gasteiger partial charge in [0.1, 0.15) is 0 Å². The highest BCUT2D eigenvalue weighted by molar-refractivity contribution is 7.99. The first-order valence-electron chi connectivity index (χ1n) is 6.62. The van der Waals surface area contributed by atoms with Crippen molar-refractivity contribution in [3.63, 3.8) is 0 Å². The molecule has 0 aromatic heterocycles. The van der Waals surface area contributed by atoms with Gasteiger partial charge in [-0.15, -0.1) is 0 Å². The van der Waals surface area contributed by atoms with Crippen molar-refractivity contribution in [3.05, 3.63) is 28.8 Å². The van der Waals surface area contributed by atoms with Crippen molar-refractivity contribution in [1.82, 2.24) is 0 Å². The van der Waals surface area contributed by atoms with Gasteiger partial charge in [-0.1, -0.05) is 13.0 Å². The van der Waals surface area contributed by atoms with Gasteiger partial charge in [0.2, 0.25) is 0 Å². The van der Waals surface area contributed by atoms with Gasteiger partial charge in [0.05, 0.1) is 11.3 Å². The van der Waals surface area contributed by atoms with Crippen LogP contribution in [0.4, 0.5) is 5.69 Å². The van der Waals surface area contributed by atoms with Gasteiger partial charge < -0.3 is 4.90 Å². The van der Waals surface area contributed by atoms with Crippen molar-refractivity contribution in [3.8, 4) is 0 Å². The van der Waals surface area contributed by atoms with E-state index in [1.807, 2.05) is 31.7 Å². The second-order valence-electron chi connectivity index (χ2n) is 4.74. The lowest BCUT2D eigenvalue weighted by Gasteiger charge is -2.19. The summed E-state index contributed by atoms with van der Waals surface area (Å²) in [4.78, 5) is 25.7. The Morgan fingerprint density at radius 1 is 1.21 bits per heavy atom. The van der Waals surface area contributed by atoms with Gasteiger partial charge in [0, 0.05) is 6.54 Å². The van der Waals surface area contributed by atoms with Crippen molar-refractivity contribution in [2.45, 2.75) is 27.2 Å². The molecule has 3 nitrogen and oxygen atoms in total. The molecule has 1 heterocycles. The largest absolute Gasteiger partial charge is 0.304 e. The second kappa shape index (κ2) is 5.78. The van der Waals surface area contributed by atoms with Crippen LogP contribution in [0, 0.1) is 13.8 Å². The minimum atomic E-state index is -0.370. The van der Waals surface area contributed by atoms with Gasteiger partial charge in [0.15, 0.2) is 0 Å². The van der Waals surface area contributed by atoms with E-state index in [0.717, 1.165) is 34.7 Å². The van der Waals surface area contributed by atoms with Crippen LogP contribution in [0.2, 0.25) is 0 Å². The van der Waals surface area contributed by atoms with Crippen LogP contribution < -0.4 is 4.90 Å². The van der Waals surface area contributed by atoms with E-state index in [-0.39, 0.29) is 11.7 Å². The Bertz CT molecular complexity index is 525. The van der Waals surface area contributed by atoms with Crippen LogP contribution in [-0.2, 0) is 4.79 Å². The van der Waals surface area contributed by atoms with Crippen LogP contribution in [0.1, 0.15) is 34.8 Å². The minimum absolute atomic E-state index is 0.360. The average molecular weight is 277 g/mol. The fourth-order valence-electron chi connectivity index (χ4n) is 2.35. The Morgan fingerprint density at radius 3 is 2.63 bits per heavy atom. The Morgan fingerprint density at radius 2 is 1.95 bits per heavy atom. The predicted octanol–water partition coefficient (Wildman–Crippen LogP) is 2.98. The number of benzene rings is 1. The summed E-state index contributed by atoms with van der Waals surface area (Å²) in [6.45, 7) is 6.74. The zero-order valence-electron chi connectivity index (χ0n) is 11.7. The number of Topliss-reactive ketones (excluding diaryl/α,β-unsaturated/α-hetero) is 1. The number of carbonyl (C=O) groups is 2. The Hall–Kier alpha value is -1.29. The molecule has 19 heavy (non-hydrogen) atoms. The first-order valence-corrected chi connectivity index (χ1v) is 7.77. The second-order valence-corrected chi connectivity index (χ2v) is 6.13. The Labute approximate surface area is 118 Å². The molecule has 0 aliphatic carbocycles. The zero-order valence-corrected chi connectivity index (χ0v) is 12.5. The molecule has 2 rings (SSSR count). The summed E-state index contributed by atoms with van der Waals surface area (Å²) in [6, 6.07) is 3.69. The molecule has 1 amide bonds. The lowest BCUT2D eigenvalue weighted by molar-refractivity contribution is -0.114. The van der Waals surface area contributed by atoms with E-state index in [1.165, 1.54) is 0 Å². The number of aryl methyl sites for hydroxylation is 1. The molecule has 1 aromatic rings. The van der Waals surface area contributed by atoms with E-state index < -0.39 is 0 Å². The van der Waals surface area contributed by atoms with E-state index in [0.29, 0.717) is 12.1 Å². The summed E-state index contributed by atoms with van der Waals surface area (Å²) >= 11 is 1.86. The fraction of sp³-hybridized carbons (Fsp3) is 0.467. The van der Waals surface area contributed by atoms with Gasteiger partial charge >= 0.3 is 0 Å². The molecule has 102 valence electrons. The van der Waals surface area contributed by atoms with Crippen molar-refractivity contribution in [2.75, 3.05) is 23.0 Å². The molecule has 4 heteroatoms. The van der Waals surface area contributed by atoms with Gasteiger partial charge in [-0.05, 0) is 49.0 Å². The summed E-state index contributed by atoms with van der Waals surface area (Å²) in [5, 5.41) is 0. The molecule has 0 bridgehead atoms. The molecule has 0 atom stereocenters. The number of amides is 1. The van der Waals surface area contributed by atoms with Crippen molar-refractivity contribution >= 4 is 29.1 Å². The summed E-state index contributed by atoms with van der Waals surface area (Å²) in [5.41, 5.74) is 3.56. The van der Waals surface area contributed by atoms with Gasteiger partial charge in [0.25, 0.3) is 11.7 Å². The number of thioether (sulfide) groups is 1. The van der Waals surface area contributed by atoms with E-state index in [4.69, 9.17) is 0 Å². The number of rotatable bonds is 5. The number of ketones is 1. The summed E-state index contributed by atoms with van der Waals surface area (Å²) in [6.07, 6.45) is 0.921. The lowest BCUT2D eigenvalue weighted by atomic mass is 10.0. The number of anilines is 1. The first-order chi connectivity index (χ1) is 9.07. The number of fused-ring (bicyclic) bond motifs is 1. The lowest BCUT2D eigenvalue weighted by Crippen LogP contribution is -2.31. The molecule has 0 radical (unpaired) electrons. The maximum Gasteiger partial charge on any atom is 0.299 e. The van der Waals surface area contributed by atoms with Crippen LogP contribution in [0.3, 0.4) is 0 Å². The molecule has 0 fully saturated rings. The molecule has 0 saturated heterocycles. The van der Waals surface area contributed by atoms with Crippen LogP contribution in [0.15, 0.2) is 12.1 Å². The molecule has 0 unspecified atom stereocenters. The van der Waals surface area contributed by atoms with Crippen LogP contribution in [-0.4, -0.2) is 29.7 Å². The molecule has 0 N–H and O–H groups in total. The summed E-state index contributed by atoms with van der Waals surface area (Å²) < 4.78 is 0. The van der Waals surface area contributed by atoms with Gasteiger partial charge in [-0.25, -0.2) is 0 Å². The third-order valence-electron chi connectivity index (χ3n) is 3.53. The molecule has 0 spiro atoms. The molecule has 1 aliphatic heterocycles. The topological polar surface area (TPSA) is 37.4 Å². The quantitative estimate of drug-likeness (QED) is 0.613. The number of hydrogen-bond donors (Lipinski definition) is 0. The summed E-state index contributed by atoms with van der Waals surface area (Å²) in [7, 11) is 0. The third kappa shape index (κ3) is 2.54. The summed E-state index contributed by atoms with van der Waals surface area (Å²) in [5.74, 6) is 1.38. The fourth-order valence-corrected chi connectivity index (χ4v) is 2.98. The standard InChI is InChI=1S/C15H19NO2S/c1-4-19-9-5-8-16-13-11(3)10(2)6-7-12(13)14(17)15(16)18/h6-7H,4-5,8-9H2,1-3H3. The van der Waals surface area contributed by atoms with E-state index in [1.54, 1.807) is 11.0 Å². The highest BCUT2D eigenvalue weighted by Crippen LogP contribution is 2.34. The van der Waals surface area contributed by atoms with Crippen molar-refractivity contribution < 1.29 is 9.59 Å². The van der Waals surface area contributed by atoms with Crippen molar-refractivity contribution in [2.24, 2.45) is 0 Å². The van der Waals surface area contributed by atoms with Gasteiger partial charge in [-0.3, -0.25) is 9.59 Å². The molecular formula is C15H19NO2S. The highest BCUT2D eigenvalue weighted by Gasteiger charge is 2.36. The van der Waals surface area contributed by atoms with E-state index in [2.05, 4.69) is 6.92 Å². The number of nitrogens with zero attached hydrogens (tertiary/aromatic N) is 1. The van der Waals surface area contributed by atoms with Gasteiger partial charge in [-0.2, -0.15) is 11.8 Å². The average Bonchev–Trinajstić information content (AvgIpc) is 2.64. The third-order valence-corrected chi connectivity index (χ3v) is 4.52. The van der Waals surface area contributed by atoms with Crippen LogP contribution in [0.5, 0.6) is 0 Å². The number of hydrogen-bond acceptors (Lipinski definition) is 3. The molecule has 1 aliphatic rings. The minimum Gasteiger partial charge on any atom is -0.304 e. The monoisotopic (exact) mass is 277 g/mol. The van der Waals surface area contributed by atoms with E-state index in [9.17, 15) is 9.59 Å².